The van der Waals surface area contributed by atoms with Gasteiger partial charge in [-0.3, -0.25) is 14.5 Å². The molecule has 9 nitrogen and oxygen atoms in total. The lowest BCUT2D eigenvalue weighted by atomic mass is 9.41. The number of fused-ring (bicyclic) bond motifs is 4. The maximum atomic E-state index is 15.0. The van der Waals surface area contributed by atoms with Gasteiger partial charge in [0.1, 0.15) is 6.10 Å². The zero-order valence-corrected chi connectivity index (χ0v) is 30.7. The average Bonchev–Trinajstić information content (AvgIpc) is 3.61. The second-order valence-corrected chi connectivity index (χ2v) is 19.1. The molecule has 13 atom stereocenters. The van der Waals surface area contributed by atoms with Gasteiger partial charge >= 0.3 is 5.97 Å². The van der Waals surface area contributed by atoms with Gasteiger partial charge in [-0.2, -0.15) is 0 Å². The molecule has 0 amide bonds. The Balaban J connectivity index is 1.03. The summed E-state index contributed by atoms with van der Waals surface area (Å²) in [6, 6.07) is 0.501. The summed E-state index contributed by atoms with van der Waals surface area (Å²) in [6.45, 7) is 20.7. The zero-order chi connectivity index (χ0) is 34.2. The fraction of sp³-hybridized carbons (Fsp3) is 0.949. The van der Waals surface area contributed by atoms with Crippen LogP contribution in [-0.2, 0) is 33.3 Å². The van der Waals surface area contributed by atoms with Crippen LogP contribution in [0.15, 0.2) is 0 Å². The summed E-state index contributed by atoms with van der Waals surface area (Å²) >= 11 is 0. The maximum Gasteiger partial charge on any atom is 0.303 e. The quantitative estimate of drug-likeness (QED) is 0.384. The third-order valence-corrected chi connectivity index (χ3v) is 16.3. The zero-order valence-electron chi connectivity index (χ0n) is 30.7. The molecule has 48 heavy (non-hydrogen) atoms. The third-order valence-electron chi connectivity index (χ3n) is 16.3. The summed E-state index contributed by atoms with van der Waals surface area (Å²) in [5.74, 6) is 1.08. The highest BCUT2D eigenvalue weighted by atomic mass is 16.7. The molecule has 0 aromatic heterocycles. The van der Waals surface area contributed by atoms with E-state index in [1.54, 1.807) is 13.8 Å². The highest BCUT2D eigenvalue weighted by Crippen LogP contribution is 2.89. The van der Waals surface area contributed by atoms with Gasteiger partial charge in [-0.15, -0.1) is 0 Å². The minimum Gasteiger partial charge on any atom is -0.457 e. The summed E-state index contributed by atoms with van der Waals surface area (Å²) in [6.07, 6.45) is 6.69. The van der Waals surface area contributed by atoms with Gasteiger partial charge in [-0.1, -0.05) is 34.6 Å². The van der Waals surface area contributed by atoms with Crippen LogP contribution in [0.5, 0.6) is 0 Å². The Morgan fingerprint density at radius 1 is 1.04 bits per heavy atom. The average molecular weight is 672 g/mol. The molecule has 1 N–H and O–H groups in total. The van der Waals surface area contributed by atoms with Gasteiger partial charge in [0.05, 0.1) is 50.2 Å². The number of ketones is 1. The predicted molar refractivity (Wildman–Crippen MR) is 178 cm³/mol. The molecule has 8 rings (SSSR count). The van der Waals surface area contributed by atoms with E-state index >= 15 is 4.79 Å². The lowest BCUT2D eigenvalue weighted by Crippen LogP contribution is -2.60. The van der Waals surface area contributed by atoms with Crippen LogP contribution in [0, 0.1) is 50.7 Å². The number of morpholine rings is 1. The largest absolute Gasteiger partial charge is 0.457 e. The number of carbonyl (C=O) groups excluding carboxylic acids is 2. The lowest BCUT2D eigenvalue weighted by molar-refractivity contribution is -0.255. The molecule has 0 aromatic rings. The second kappa shape index (κ2) is 11.0. The van der Waals surface area contributed by atoms with E-state index in [4.69, 9.17) is 23.7 Å². The molecule has 2 spiro atoms. The van der Waals surface area contributed by atoms with E-state index in [-0.39, 0.29) is 51.7 Å². The summed E-state index contributed by atoms with van der Waals surface area (Å²) in [5.41, 5.74) is -1.39. The van der Waals surface area contributed by atoms with Crippen molar-refractivity contribution in [3.8, 4) is 0 Å². The van der Waals surface area contributed by atoms with E-state index in [0.29, 0.717) is 30.9 Å². The van der Waals surface area contributed by atoms with Gasteiger partial charge in [0.15, 0.2) is 18.2 Å². The van der Waals surface area contributed by atoms with E-state index in [2.05, 4.69) is 39.5 Å². The van der Waals surface area contributed by atoms with Crippen LogP contribution in [0.3, 0.4) is 0 Å². The Labute approximate surface area is 287 Å². The summed E-state index contributed by atoms with van der Waals surface area (Å²) in [5, 5.41) is 11.0. The Kier molecular flexibility index (Phi) is 7.76. The Morgan fingerprint density at radius 3 is 2.42 bits per heavy atom. The van der Waals surface area contributed by atoms with Crippen LogP contribution in [0.4, 0.5) is 0 Å². The van der Waals surface area contributed by atoms with Crippen LogP contribution in [0.1, 0.15) is 107 Å². The molecule has 270 valence electrons. The number of Topliss-reactive ketones (excluding diaryl/α,β-unsaturated/α-hetero) is 1. The van der Waals surface area contributed by atoms with Crippen molar-refractivity contribution in [3.63, 3.8) is 0 Å². The van der Waals surface area contributed by atoms with Crippen molar-refractivity contribution < 1.29 is 38.4 Å². The first-order chi connectivity index (χ1) is 22.5. The van der Waals surface area contributed by atoms with Crippen molar-refractivity contribution in [1.82, 2.24) is 4.90 Å². The first-order valence-electron chi connectivity index (χ1n) is 19.2. The van der Waals surface area contributed by atoms with Gasteiger partial charge in [0, 0.05) is 24.8 Å². The molecule has 9 heteroatoms. The molecular formula is C39H61NO8. The predicted octanol–water partition coefficient (Wildman–Crippen LogP) is 5.15. The number of rotatable bonds is 6. The van der Waals surface area contributed by atoms with E-state index in [1.165, 1.54) is 26.2 Å². The van der Waals surface area contributed by atoms with E-state index in [1.807, 2.05) is 0 Å². The normalized spacial score (nSPS) is 50.6. The van der Waals surface area contributed by atoms with Crippen LogP contribution >= 0.6 is 0 Å². The molecule has 5 aliphatic carbocycles. The van der Waals surface area contributed by atoms with Gasteiger partial charge < -0.3 is 28.8 Å². The van der Waals surface area contributed by atoms with Gasteiger partial charge in [0.25, 0.3) is 0 Å². The number of nitrogens with zero attached hydrogens (tertiary/aromatic N) is 1. The number of carbonyl (C=O) groups is 2. The van der Waals surface area contributed by atoms with Crippen molar-refractivity contribution in [2.45, 2.75) is 149 Å². The maximum absolute atomic E-state index is 15.0. The standard InChI is InChI=1S/C39H61NO8/c1-22-17-25(33(35(5,6)43)46-23(2)41)47-31-30(22)36(7)13-14-39-21-38(39)12-11-28(48-29-18-40(15-16-45-29)24-19-44-20-24)34(3,4)26(38)9-10-27(39)37(36,8)32(31)42/h22,24-31,33,43H,9-21H2,1-8H3/t22-,25-,26+,27+,28+,29+,30+,31+,33+,36-,37-,38-,39?/m1/s1. The van der Waals surface area contributed by atoms with E-state index in [9.17, 15) is 9.90 Å². The fourth-order valence-electron chi connectivity index (χ4n) is 14.0. The van der Waals surface area contributed by atoms with Crippen molar-refractivity contribution in [1.29, 1.82) is 0 Å². The topological polar surface area (TPSA) is 104 Å². The molecule has 0 radical (unpaired) electrons. The minimum atomic E-state index is -1.28. The Bertz CT molecular complexity index is 1330. The van der Waals surface area contributed by atoms with Crippen LogP contribution in [0.25, 0.3) is 0 Å². The molecule has 3 saturated heterocycles. The van der Waals surface area contributed by atoms with E-state index < -0.39 is 35.3 Å². The minimum absolute atomic E-state index is 0.0287. The summed E-state index contributed by atoms with van der Waals surface area (Å²) in [4.78, 5) is 29.6. The third kappa shape index (κ3) is 4.49. The fourth-order valence-corrected chi connectivity index (χ4v) is 14.0. The highest BCUT2D eigenvalue weighted by Gasteiger charge is 2.85. The summed E-state index contributed by atoms with van der Waals surface area (Å²) < 4.78 is 31.0. The van der Waals surface area contributed by atoms with Crippen molar-refractivity contribution in [3.05, 3.63) is 0 Å². The monoisotopic (exact) mass is 671 g/mol. The second-order valence-electron chi connectivity index (χ2n) is 19.1. The number of ether oxygens (including phenoxy) is 5. The molecule has 3 aliphatic heterocycles. The van der Waals surface area contributed by atoms with Crippen molar-refractivity contribution in [2.75, 3.05) is 32.9 Å². The Hall–Kier alpha value is -1.10. The molecule has 0 bridgehead atoms. The Morgan fingerprint density at radius 2 is 1.75 bits per heavy atom. The lowest BCUT2D eigenvalue weighted by Gasteiger charge is -2.62. The van der Waals surface area contributed by atoms with Crippen LogP contribution in [0.2, 0.25) is 0 Å². The number of hydrogen-bond acceptors (Lipinski definition) is 9. The van der Waals surface area contributed by atoms with Crippen LogP contribution in [-0.4, -0.2) is 97.0 Å². The smallest absolute Gasteiger partial charge is 0.303 e. The van der Waals surface area contributed by atoms with Gasteiger partial charge in [-0.05, 0) is 105 Å². The van der Waals surface area contributed by atoms with Gasteiger partial charge in [-0.25, -0.2) is 0 Å². The summed E-state index contributed by atoms with van der Waals surface area (Å²) in [7, 11) is 0. The highest BCUT2D eigenvalue weighted by molar-refractivity contribution is 5.93. The van der Waals surface area contributed by atoms with Crippen LogP contribution < -0.4 is 0 Å². The first-order valence-corrected chi connectivity index (χ1v) is 19.2. The number of hydrogen-bond donors (Lipinski definition) is 1. The number of esters is 1. The van der Waals surface area contributed by atoms with Crippen molar-refractivity contribution in [2.24, 2.45) is 50.7 Å². The molecule has 0 aromatic carbocycles. The molecular weight excluding hydrogens is 610 g/mol. The SMILES string of the molecule is CC(=O)O[C@@H]([C@H]1C[C@@H](C)[C@H]2[C@H](O1)C(=O)[C@@]1(C)[C@@H]3CC[C@H]4C(C)(C)[C@@H](O[C@H]5CN(C6COC6)CCO5)CC[C@@]45CC35CC[C@]21C)C(C)(C)O. The number of aliphatic hydroxyl groups is 1. The molecule has 3 heterocycles. The van der Waals surface area contributed by atoms with Gasteiger partial charge in [0.2, 0.25) is 0 Å². The van der Waals surface area contributed by atoms with E-state index in [0.717, 1.165) is 52.0 Å². The van der Waals surface area contributed by atoms with Crippen molar-refractivity contribution >= 4 is 11.8 Å². The first kappa shape index (κ1) is 34.0. The molecule has 5 saturated carbocycles. The molecule has 1 unspecified atom stereocenters. The molecule has 8 aliphatic rings. The molecule has 8 fully saturated rings.